The van der Waals surface area contributed by atoms with Crippen LogP contribution in [0.25, 0.3) is 0 Å². The van der Waals surface area contributed by atoms with Crippen LogP contribution in [0.3, 0.4) is 0 Å². The first-order valence-corrected chi connectivity index (χ1v) is 6.97. The third kappa shape index (κ3) is 3.92. The Morgan fingerprint density at radius 2 is 2.16 bits per heavy atom. The Morgan fingerprint density at radius 3 is 2.84 bits per heavy atom. The second kappa shape index (κ2) is 6.88. The molecule has 2 N–H and O–H groups in total. The van der Waals surface area contributed by atoms with Crippen LogP contribution in [-0.2, 0) is 16.1 Å². The Labute approximate surface area is 120 Å². The number of morpholine rings is 1. The van der Waals surface area contributed by atoms with Crippen molar-refractivity contribution < 1.29 is 14.3 Å². The number of carbonyl (C=O) groups is 1. The summed E-state index contributed by atoms with van der Waals surface area (Å²) >= 11 is 3.38. The van der Waals surface area contributed by atoms with Crippen LogP contribution in [0.1, 0.15) is 5.56 Å². The quantitative estimate of drug-likeness (QED) is 0.900. The van der Waals surface area contributed by atoms with Gasteiger partial charge in [-0.15, -0.1) is 0 Å². The third-order valence-electron chi connectivity index (χ3n) is 2.96. The number of benzene rings is 1. The molecule has 104 valence electrons. The van der Waals surface area contributed by atoms with Crippen molar-refractivity contribution in [3.8, 4) is 5.75 Å². The van der Waals surface area contributed by atoms with E-state index in [1.165, 1.54) is 0 Å². The summed E-state index contributed by atoms with van der Waals surface area (Å²) in [5, 5.41) is 0. The zero-order valence-electron chi connectivity index (χ0n) is 10.6. The van der Waals surface area contributed by atoms with E-state index in [0.717, 1.165) is 10.0 Å². The maximum atomic E-state index is 11.9. The largest absolute Gasteiger partial charge is 0.483 e. The summed E-state index contributed by atoms with van der Waals surface area (Å²) in [7, 11) is 0. The Hall–Kier alpha value is -1.11. The van der Waals surface area contributed by atoms with Crippen LogP contribution >= 0.6 is 15.9 Å². The highest BCUT2D eigenvalue weighted by molar-refractivity contribution is 9.10. The van der Waals surface area contributed by atoms with Crippen molar-refractivity contribution in [3.63, 3.8) is 0 Å². The van der Waals surface area contributed by atoms with Gasteiger partial charge < -0.3 is 20.1 Å². The second-order valence-electron chi connectivity index (χ2n) is 4.24. The predicted molar refractivity (Wildman–Crippen MR) is 74.9 cm³/mol. The lowest BCUT2D eigenvalue weighted by Gasteiger charge is -2.26. The topological polar surface area (TPSA) is 64.8 Å². The van der Waals surface area contributed by atoms with Crippen molar-refractivity contribution in [2.45, 2.75) is 6.54 Å². The molecule has 1 aromatic carbocycles. The molecule has 1 saturated heterocycles. The maximum Gasteiger partial charge on any atom is 0.260 e. The monoisotopic (exact) mass is 328 g/mol. The number of hydrogen-bond donors (Lipinski definition) is 1. The lowest BCUT2D eigenvalue weighted by Crippen LogP contribution is -2.43. The second-order valence-corrected chi connectivity index (χ2v) is 5.15. The molecule has 0 aliphatic carbocycles. The van der Waals surface area contributed by atoms with E-state index >= 15 is 0 Å². The zero-order valence-corrected chi connectivity index (χ0v) is 12.2. The highest BCUT2D eigenvalue weighted by Crippen LogP contribution is 2.22. The third-order valence-corrected chi connectivity index (χ3v) is 3.45. The van der Waals surface area contributed by atoms with Crippen molar-refractivity contribution in [1.82, 2.24) is 4.90 Å². The Balaban J connectivity index is 1.92. The van der Waals surface area contributed by atoms with Crippen molar-refractivity contribution in [3.05, 3.63) is 28.2 Å². The van der Waals surface area contributed by atoms with Gasteiger partial charge in [0.2, 0.25) is 0 Å². The van der Waals surface area contributed by atoms with E-state index < -0.39 is 0 Å². The van der Waals surface area contributed by atoms with E-state index in [-0.39, 0.29) is 12.5 Å². The van der Waals surface area contributed by atoms with Crippen LogP contribution in [0.4, 0.5) is 0 Å². The molecule has 6 heteroatoms. The van der Waals surface area contributed by atoms with Crippen LogP contribution in [0.2, 0.25) is 0 Å². The number of nitrogens with zero attached hydrogens (tertiary/aromatic N) is 1. The first kappa shape index (κ1) is 14.3. The molecule has 19 heavy (non-hydrogen) atoms. The Kier molecular flexibility index (Phi) is 5.18. The fraction of sp³-hybridized carbons (Fsp3) is 0.462. The fourth-order valence-corrected chi connectivity index (χ4v) is 2.30. The number of ether oxygens (including phenoxy) is 2. The van der Waals surface area contributed by atoms with Crippen molar-refractivity contribution in [1.29, 1.82) is 0 Å². The van der Waals surface area contributed by atoms with Gasteiger partial charge in [0, 0.05) is 29.7 Å². The van der Waals surface area contributed by atoms with E-state index in [9.17, 15) is 4.79 Å². The van der Waals surface area contributed by atoms with E-state index in [1.54, 1.807) is 4.90 Å². The average molecular weight is 329 g/mol. The van der Waals surface area contributed by atoms with E-state index in [4.69, 9.17) is 15.2 Å². The molecular formula is C13H17BrN2O3. The standard InChI is InChI=1S/C13H17BrN2O3/c14-11-1-2-12(10(7-11)8-15)19-9-13(17)16-3-5-18-6-4-16/h1-2,7H,3-6,8-9,15H2. The van der Waals surface area contributed by atoms with Gasteiger partial charge in [0.25, 0.3) is 5.91 Å². The molecule has 0 radical (unpaired) electrons. The van der Waals surface area contributed by atoms with E-state index in [2.05, 4.69) is 15.9 Å². The van der Waals surface area contributed by atoms with Gasteiger partial charge in [-0.05, 0) is 18.2 Å². The van der Waals surface area contributed by atoms with Crippen LogP contribution in [0.5, 0.6) is 5.75 Å². The number of carbonyl (C=O) groups excluding carboxylic acids is 1. The lowest BCUT2D eigenvalue weighted by atomic mass is 10.2. The average Bonchev–Trinajstić information content (AvgIpc) is 2.46. The Morgan fingerprint density at radius 1 is 1.42 bits per heavy atom. The SMILES string of the molecule is NCc1cc(Br)ccc1OCC(=O)N1CCOCC1. The molecule has 0 unspecified atom stereocenters. The molecule has 0 spiro atoms. The van der Waals surface area contributed by atoms with Gasteiger partial charge in [-0.25, -0.2) is 0 Å². The van der Waals surface area contributed by atoms with Crippen LogP contribution in [0.15, 0.2) is 22.7 Å². The highest BCUT2D eigenvalue weighted by Gasteiger charge is 2.17. The molecule has 0 atom stereocenters. The summed E-state index contributed by atoms with van der Waals surface area (Å²) in [6.07, 6.45) is 0. The smallest absolute Gasteiger partial charge is 0.260 e. The number of rotatable bonds is 4. The molecular weight excluding hydrogens is 312 g/mol. The summed E-state index contributed by atoms with van der Waals surface area (Å²) in [6.45, 7) is 2.86. The molecule has 1 amide bonds. The minimum Gasteiger partial charge on any atom is -0.483 e. The number of hydrogen-bond acceptors (Lipinski definition) is 4. The number of amides is 1. The molecule has 0 bridgehead atoms. The molecule has 5 nitrogen and oxygen atoms in total. The van der Waals surface area contributed by atoms with Gasteiger partial charge in [-0.1, -0.05) is 15.9 Å². The highest BCUT2D eigenvalue weighted by atomic mass is 79.9. The molecule has 0 saturated carbocycles. The van der Waals surface area contributed by atoms with Crippen LogP contribution < -0.4 is 10.5 Å². The maximum absolute atomic E-state index is 11.9. The summed E-state index contributed by atoms with van der Waals surface area (Å²) in [4.78, 5) is 13.7. The molecule has 1 aromatic rings. The number of halogens is 1. The van der Waals surface area contributed by atoms with Crippen molar-refractivity contribution in [2.24, 2.45) is 5.73 Å². The van der Waals surface area contributed by atoms with E-state index in [1.807, 2.05) is 18.2 Å². The number of nitrogens with two attached hydrogens (primary N) is 1. The summed E-state index contributed by atoms with van der Waals surface area (Å²) in [5.41, 5.74) is 6.53. The molecule has 1 aliphatic heterocycles. The van der Waals surface area contributed by atoms with Gasteiger partial charge in [0.15, 0.2) is 6.61 Å². The van der Waals surface area contributed by atoms with Gasteiger partial charge in [0.05, 0.1) is 13.2 Å². The Bertz CT molecular complexity index is 448. The van der Waals surface area contributed by atoms with Crippen LogP contribution in [0, 0.1) is 0 Å². The van der Waals surface area contributed by atoms with Gasteiger partial charge in [0.1, 0.15) is 5.75 Å². The molecule has 1 aliphatic rings. The molecule has 0 aromatic heterocycles. The minimum absolute atomic E-state index is 0.0193. The van der Waals surface area contributed by atoms with Gasteiger partial charge >= 0.3 is 0 Å². The lowest BCUT2D eigenvalue weighted by molar-refractivity contribution is -0.137. The normalized spacial score (nSPS) is 15.4. The summed E-state index contributed by atoms with van der Waals surface area (Å²) in [5.74, 6) is 0.640. The molecule has 1 heterocycles. The van der Waals surface area contributed by atoms with Gasteiger partial charge in [-0.2, -0.15) is 0 Å². The first-order chi connectivity index (χ1) is 9.20. The zero-order chi connectivity index (χ0) is 13.7. The molecule has 2 rings (SSSR count). The molecule has 1 fully saturated rings. The van der Waals surface area contributed by atoms with Crippen molar-refractivity contribution >= 4 is 21.8 Å². The fourth-order valence-electron chi connectivity index (χ4n) is 1.89. The van der Waals surface area contributed by atoms with Crippen molar-refractivity contribution in [2.75, 3.05) is 32.9 Å². The van der Waals surface area contributed by atoms with Gasteiger partial charge in [-0.3, -0.25) is 4.79 Å². The first-order valence-electron chi connectivity index (χ1n) is 6.17. The predicted octanol–water partition coefficient (Wildman–Crippen LogP) is 1.15. The van der Waals surface area contributed by atoms with Crippen LogP contribution in [-0.4, -0.2) is 43.7 Å². The summed E-state index contributed by atoms with van der Waals surface area (Å²) in [6, 6.07) is 5.58. The van der Waals surface area contributed by atoms with E-state index in [0.29, 0.717) is 38.6 Å². The minimum atomic E-state index is -0.0193. The summed E-state index contributed by atoms with van der Waals surface area (Å²) < 4.78 is 11.7.